The molecule has 0 saturated heterocycles. The fourth-order valence-corrected chi connectivity index (χ4v) is 2.88. The summed E-state index contributed by atoms with van der Waals surface area (Å²) in [6.07, 6.45) is 1.38. The molecule has 1 aromatic carbocycles. The summed E-state index contributed by atoms with van der Waals surface area (Å²) in [5.74, 6) is -3.54. The molecular formula is C18H20F3N7O. The van der Waals surface area contributed by atoms with E-state index in [2.05, 4.69) is 25.6 Å². The van der Waals surface area contributed by atoms with Gasteiger partial charge in [0.2, 0.25) is 17.8 Å². The number of primary amides is 1. The second kappa shape index (κ2) is 7.94. The maximum atomic E-state index is 14.1. The topological polar surface area (TPSA) is 111 Å². The van der Waals surface area contributed by atoms with E-state index in [1.54, 1.807) is 6.92 Å². The number of nitrogens with zero attached hydrogens (tertiary/aromatic N) is 4. The summed E-state index contributed by atoms with van der Waals surface area (Å²) in [6.45, 7) is 5.51. The Labute approximate surface area is 164 Å². The molecule has 154 valence electrons. The molecule has 1 atom stereocenters. The smallest absolute Gasteiger partial charge is 0.224 e. The van der Waals surface area contributed by atoms with Gasteiger partial charge >= 0.3 is 0 Å². The second-order valence-corrected chi connectivity index (χ2v) is 6.90. The Bertz CT molecular complexity index is 1040. The lowest BCUT2D eigenvalue weighted by Gasteiger charge is -2.17. The van der Waals surface area contributed by atoms with Crippen molar-refractivity contribution in [3.05, 3.63) is 35.8 Å². The first-order chi connectivity index (χ1) is 13.7. The van der Waals surface area contributed by atoms with Crippen LogP contribution in [-0.2, 0) is 4.79 Å². The van der Waals surface area contributed by atoms with Crippen molar-refractivity contribution in [2.45, 2.75) is 39.3 Å². The SMILES string of the molecule is CC(C)Nc1ncc2nc(Nc3c(F)cc(F)cc3F)n([C@H](C)CC(N)=O)c2n1. The number of amides is 1. The van der Waals surface area contributed by atoms with Crippen molar-refractivity contribution in [1.82, 2.24) is 19.5 Å². The predicted octanol–water partition coefficient (Wildman–Crippen LogP) is 3.24. The number of nitrogens with two attached hydrogens (primary N) is 1. The van der Waals surface area contributed by atoms with Crippen molar-refractivity contribution in [1.29, 1.82) is 0 Å². The van der Waals surface area contributed by atoms with Crippen LogP contribution in [0.2, 0.25) is 0 Å². The van der Waals surface area contributed by atoms with Crippen LogP contribution >= 0.6 is 0 Å². The minimum absolute atomic E-state index is 0.00848. The Morgan fingerprint density at radius 3 is 2.41 bits per heavy atom. The van der Waals surface area contributed by atoms with E-state index in [-0.39, 0.29) is 18.4 Å². The van der Waals surface area contributed by atoms with Crippen LogP contribution in [0.3, 0.4) is 0 Å². The lowest BCUT2D eigenvalue weighted by atomic mass is 10.2. The molecule has 8 nitrogen and oxygen atoms in total. The molecular weight excluding hydrogens is 387 g/mol. The maximum Gasteiger partial charge on any atom is 0.224 e. The molecule has 11 heteroatoms. The van der Waals surface area contributed by atoms with Gasteiger partial charge in [-0.3, -0.25) is 9.36 Å². The molecule has 0 radical (unpaired) electrons. The predicted molar refractivity (Wildman–Crippen MR) is 102 cm³/mol. The zero-order valence-corrected chi connectivity index (χ0v) is 16.0. The number of rotatable bonds is 7. The van der Waals surface area contributed by atoms with Crippen LogP contribution < -0.4 is 16.4 Å². The highest BCUT2D eigenvalue weighted by molar-refractivity contribution is 5.78. The number of carbonyl (C=O) groups is 1. The second-order valence-electron chi connectivity index (χ2n) is 6.90. The monoisotopic (exact) mass is 407 g/mol. The molecule has 1 amide bonds. The van der Waals surface area contributed by atoms with Crippen molar-refractivity contribution in [3.63, 3.8) is 0 Å². The molecule has 3 rings (SSSR count). The lowest BCUT2D eigenvalue weighted by Crippen LogP contribution is -2.19. The number of nitrogens with one attached hydrogen (secondary N) is 2. The summed E-state index contributed by atoms with van der Waals surface area (Å²) in [5, 5.41) is 5.59. The standard InChI is InChI=1S/C18H20F3N7O/c1-8(2)24-17-23-7-13-16(27-17)28(9(3)4-14(22)29)18(25-13)26-15-11(20)5-10(19)6-12(15)21/h5-9H,4H2,1-3H3,(H2,22,29)(H,25,26)(H,23,24,27)/t9-/m1/s1. The lowest BCUT2D eigenvalue weighted by molar-refractivity contribution is -0.118. The highest BCUT2D eigenvalue weighted by Crippen LogP contribution is 2.30. The molecule has 4 N–H and O–H groups in total. The molecule has 0 aliphatic carbocycles. The summed E-state index contributed by atoms with van der Waals surface area (Å²) >= 11 is 0. The number of anilines is 3. The van der Waals surface area contributed by atoms with Gasteiger partial charge in [0.05, 0.1) is 6.20 Å². The Morgan fingerprint density at radius 2 is 1.83 bits per heavy atom. The van der Waals surface area contributed by atoms with E-state index in [1.807, 2.05) is 13.8 Å². The average Bonchev–Trinajstić information content (AvgIpc) is 2.94. The van der Waals surface area contributed by atoms with Crippen molar-refractivity contribution >= 4 is 34.7 Å². The third-order valence-corrected chi connectivity index (χ3v) is 4.03. The Hall–Kier alpha value is -3.37. The number of imidazole rings is 1. The minimum atomic E-state index is -1.13. The summed E-state index contributed by atoms with van der Waals surface area (Å²) in [4.78, 5) is 24.3. The number of hydrogen-bond acceptors (Lipinski definition) is 6. The minimum Gasteiger partial charge on any atom is -0.370 e. The van der Waals surface area contributed by atoms with Gasteiger partial charge in [-0.05, 0) is 20.8 Å². The van der Waals surface area contributed by atoms with Crippen LogP contribution in [0.1, 0.15) is 33.2 Å². The maximum absolute atomic E-state index is 14.1. The molecule has 0 aliphatic heterocycles. The number of aromatic nitrogens is 4. The third-order valence-electron chi connectivity index (χ3n) is 4.03. The fraction of sp³-hybridized carbons (Fsp3) is 0.333. The van der Waals surface area contributed by atoms with Gasteiger partial charge in [-0.1, -0.05) is 0 Å². The highest BCUT2D eigenvalue weighted by atomic mass is 19.1. The molecule has 2 aromatic heterocycles. The van der Waals surface area contributed by atoms with Gasteiger partial charge in [-0.15, -0.1) is 0 Å². The average molecular weight is 407 g/mol. The molecule has 0 spiro atoms. The van der Waals surface area contributed by atoms with Crippen molar-refractivity contribution in [2.75, 3.05) is 10.6 Å². The first kappa shape index (κ1) is 20.4. The van der Waals surface area contributed by atoms with E-state index in [1.165, 1.54) is 10.8 Å². The van der Waals surface area contributed by atoms with E-state index >= 15 is 0 Å². The van der Waals surface area contributed by atoms with Gasteiger partial charge < -0.3 is 16.4 Å². The summed E-state index contributed by atoms with van der Waals surface area (Å²) < 4.78 is 42.9. The Balaban J connectivity index is 2.13. The zero-order chi connectivity index (χ0) is 21.3. The molecule has 29 heavy (non-hydrogen) atoms. The van der Waals surface area contributed by atoms with Crippen LogP contribution in [0.25, 0.3) is 11.2 Å². The van der Waals surface area contributed by atoms with E-state index in [0.29, 0.717) is 29.2 Å². The third kappa shape index (κ3) is 4.39. The van der Waals surface area contributed by atoms with Gasteiger partial charge in [0, 0.05) is 30.6 Å². The largest absolute Gasteiger partial charge is 0.370 e. The first-order valence-electron chi connectivity index (χ1n) is 8.87. The summed E-state index contributed by atoms with van der Waals surface area (Å²) in [5.41, 5.74) is 5.40. The molecule has 0 aliphatic rings. The molecule has 0 bridgehead atoms. The van der Waals surface area contributed by atoms with Crippen molar-refractivity contribution in [3.8, 4) is 0 Å². The number of halogens is 3. The van der Waals surface area contributed by atoms with Gasteiger partial charge in [0.25, 0.3) is 0 Å². The number of carbonyl (C=O) groups excluding carboxylic acids is 1. The van der Waals surface area contributed by atoms with Crippen LogP contribution in [0.4, 0.5) is 30.8 Å². The molecule has 3 aromatic rings. The van der Waals surface area contributed by atoms with E-state index in [4.69, 9.17) is 5.73 Å². The van der Waals surface area contributed by atoms with Crippen LogP contribution in [0.15, 0.2) is 18.3 Å². The van der Waals surface area contributed by atoms with Gasteiger partial charge in [0.1, 0.15) is 17.0 Å². The molecule has 0 unspecified atom stereocenters. The molecule has 2 heterocycles. The Kier molecular flexibility index (Phi) is 5.57. The van der Waals surface area contributed by atoms with Crippen LogP contribution in [0.5, 0.6) is 0 Å². The fourth-order valence-electron chi connectivity index (χ4n) is 2.88. The number of hydrogen-bond donors (Lipinski definition) is 3. The molecule has 0 fully saturated rings. The first-order valence-corrected chi connectivity index (χ1v) is 8.87. The number of benzene rings is 1. The molecule has 0 saturated carbocycles. The number of fused-ring (bicyclic) bond motifs is 1. The van der Waals surface area contributed by atoms with Crippen LogP contribution in [-0.4, -0.2) is 31.5 Å². The van der Waals surface area contributed by atoms with Crippen LogP contribution in [0, 0.1) is 17.5 Å². The van der Waals surface area contributed by atoms with Gasteiger partial charge in [-0.2, -0.15) is 4.98 Å². The normalized spacial score (nSPS) is 12.4. The Morgan fingerprint density at radius 1 is 1.17 bits per heavy atom. The quantitative estimate of drug-likeness (QED) is 0.555. The highest BCUT2D eigenvalue weighted by Gasteiger charge is 2.22. The van der Waals surface area contributed by atoms with E-state index in [9.17, 15) is 18.0 Å². The summed E-state index contributed by atoms with van der Waals surface area (Å²) in [7, 11) is 0. The van der Waals surface area contributed by atoms with Gasteiger partial charge in [0.15, 0.2) is 17.3 Å². The van der Waals surface area contributed by atoms with Crippen molar-refractivity contribution in [2.24, 2.45) is 5.73 Å². The zero-order valence-electron chi connectivity index (χ0n) is 16.0. The van der Waals surface area contributed by atoms with E-state index in [0.717, 1.165) is 0 Å². The van der Waals surface area contributed by atoms with Gasteiger partial charge in [-0.25, -0.2) is 23.1 Å². The van der Waals surface area contributed by atoms with Crippen molar-refractivity contribution < 1.29 is 18.0 Å². The van der Waals surface area contributed by atoms with E-state index < -0.39 is 35.1 Å². The summed E-state index contributed by atoms with van der Waals surface area (Å²) in [6, 6.07) is 0.631.